The highest BCUT2D eigenvalue weighted by Crippen LogP contribution is 2.38. The van der Waals surface area contributed by atoms with Gasteiger partial charge in [0.05, 0.1) is 6.04 Å². The Kier molecular flexibility index (Phi) is 5.86. The maximum Gasteiger partial charge on any atom is 0.258 e. The second-order valence-corrected chi connectivity index (χ2v) is 8.92. The fourth-order valence-electron chi connectivity index (χ4n) is 4.49. The quantitative estimate of drug-likeness (QED) is 0.617. The first-order valence-electron chi connectivity index (χ1n) is 11.6. The first-order chi connectivity index (χ1) is 16.1. The molecular formula is C28H28N2O3. The molecule has 5 rings (SSSR count). The van der Waals surface area contributed by atoms with Crippen molar-refractivity contribution in [3.8, 4) is 5.75 Å². The fourth-order valence-corrected chi connectivity index (χ4v) is 4.49. The summed E-state index contributed by atoms with van der Waals surface area (Å²) >= 11 is 0. The molecule has 5 nitrogen and oxygen atoms in total. The smallest absolute Gasteiger partial charge is 0.258 e. The molecule has 0 aromatic heterocycles. The van der Waals surface area contributed by atoms with Crippen molar-refractivity contribution in [2.75, 3.05) is 13.2 Å². The standard InChI is InChI=1S/C28H28N2O3/c1-19-6-5-9-22(16-19)27-25-17-24(33-18-26(31)29-23-11-12-23)13-10-20(25)14-15-30(27)28(32)21-7-3-2-4-8-21/h2-10,13,16-17,23,27H,11-12,14-15,18H2,1H3,(H,29,31). The lowest BCUT2D eigenvalue weighted by Gasteiger charge is -2.38. The van der Waals surface area contributed by atoms with Gasteiger partial charge in [0.2, 0.25) is 0 Å². The average molecular weight is 441 g/mol. The number of ether oxygens (including phenoxy) is 1. The molecule has 0 bridgehead atoms. The summed E-state index contributed by atoms with van der Waals surface area (Å²) in [5.41, 5.74) is 5.16. The SMILES string of the molecule is Cc1cccc(C2c3cc(OCC(=O)NC4CC4)ccc3CCN2C(=O)c2ccccc2)c1. The number of aryl methyl sites for hydroxylation is 1. The van der Waals surface area contributed by atoms with Crippen LogP contribution in [0.5, 0.6) is 5.75 Å². The molecule has 168 valence electrons. The zero-order chi connectivity index (χ0) is 22.8. The number of nitrogens with one attached hydrogen (secondary N) is 1. The molecule has 1 heterocycles. The van der Waals surface area contributed by atoms with Gasteiger partial charge in [-0.25, -0.2) is 0 Å². The topological polar surface area (TPSA) is 58.6 Å². The maximum absolute atomic E-state index is 13.5. The first-order valence-corrected chi connectivity index (χ1v) is 11.6. The molecule has 0 radical (unpaired) electrons. The van der Waals surface area contributed by atoms with Gasteiger partial charge in [0.1, 0.15) is 5.75 Å². The van der Waals surface area contributed by atoms with Crippen molar-refractivity contribution in [3.63, 3.8) is 0 Å². The Balaban J connectivity index is 1.47. The van der Waals surface area contributed by atoms with Crippen molar-refractivity contribution in [2.24, 2.45) is 0 Å². The summed E-state index contributed by atoms with van der Waals surface area (Å²) in [6.45, 7) is 2.70. The lowest BCUT2D eigenvalue weighted by molar-refractivity contribution is -0.123. The van der Waals surface area contributed by atoms with E-state index in [1.54, 1.807) is 0 Å². The van der Waals surface area contributed by atoms with Gasteiger partial charge in [0.25, 0.3) is 11.8 Å². The minimum absolute atomic E-state index is 0.00292. The van der Waals surface area contributed by atoms with Gasteiger partial charge in [-0.05, 0) is 67.1 Å². The highest BCUT2D eigenvalue weighted by atomic mass is 16.5. The van der Waals surface area contributed by atoms with Crippen molar-refractivity contribution in [1.29, 1.82) is 0 Å². The molecular weight excluding hydrogens is 412 g/mol. The lowest BCUT2D eigenvalue weighted by atomic mass is 9.87. The summed E-state index contributed by atoms with van der Waals surface area (Å²) in [7, 11) is 0. The number of amides is 2. The van der Waals surface area contributed by atoms with Crippen LogP contribution in [-0.4, -0.2) is 35.9 Å². The number of hydrogen-bond acceptors (Lipinski definition) is 3. The Morgan fingerprint density at radius 3 is 2.58 bits per heavy atom. The molecule has 1 atom stereocenters. The minimum atomic E-state index is -0.217. The van der Waals surface area contributed by atoms with Gasteiger partial charge in [-0.1, -0.05) is 54.1 Å². The monoisotopic (exact) mass is 440 g/mol. The summed E-state index contributed by atoms with van der Waals surface area (Å²) in [6, 6.07) is 23.8. The zero-order valence-electron chi connectivity index (χ0n) is 18.8. The number of rotatable bonds is 6. The Hall–Kier alpha value is -3.60. The number of nitrogens with zero attached hydrogens (tertiary/aromatic N) is 1. The molecule has 1 saturated carbocycles. The predicted octanol–water partition coefficient (Wildman–Crippen LogP) is 4.44. The van der Waals surface area contributed by atoms with Crippen LogP contribution in [0.1, 0.15) is 51.5 Å². The van der Waals surface area contributed by atoms with Crippen LogP contribution >= 0.6 is 0 Å². The molecule has 1 aliphatic heterocycles. The first kappa shape index (κ1) is 21.3. The van der Waals surface area contributed by atoms with E-state index in [2.05, 4.69) is 36.5 Å². The highest BCUT2D eigenvalue weighted by Gasteiger charge is 2.33. The minimum Gasteiger partial charge on any atom is -0.484 e. The number of carbonyl (C=O) groups excluding carboxylic acids is 2. The molecule has 5 heteroatoms. The summed E-state index contributed by atoms with van der Waals surface area (Å²) in [5, 5.41) is 2.95. The Morgan fingerprint density at radius 1 is 1.00 bits per heavy atom. The normalized spacial score (nSPS) is 17.2. The molecule has 33 heavy (non-hydrogen) atoms. The third kappa shape index (κ3) is 4.77. The van der Waals surface area contributed by atoms with Gasteiger partial charge < -0.3 is 15.0 Å². The van der Waals surface area contributed by atoms with E-state index in [1.165, 1.54) is 5.56 Å². The van der Waals surface area contributed by atoms with Crippen LogP contribution in [0.2, 0.25) is 0 Å². The van der Waals surface area contributed by atoms with E-state index < -0.39 is 0 Å². The molecule has 3 aromatic carbocycles. The van der Waals surface area contributed by atoms with Gasteiger partial charge in [0.15, 0.2) is 6.61 Å². The van der Waals surface area contributed by atoms with Crippen LogP contribution in [0.3, 0.4) is 0 Å². The molecule has 0 saturated heterocycles. The molecule has 3 aromatic rings. The van der Waals surface area contributed by atoms with Crippen molar-refractivity contribution in [2.45, 2.75) is 38.3 Å². The Bertz CT molecular complexity index is 1170. The third-order valence-electron chi connectivity index (χ3n) is 6.30. The fraction of sp³-hybridized carbons (Fsp3) is 0.286. The van der Waals surface area contributed by atoms with E-state index in [0.717, 1.165) is 36.0 Å². The Labute approximate surface area is 194 Å². The zero-order valence-corrected chi connectivity index (χ0v) is 18.8. The predicted molar refractivity (Wildman–Crippen MR) is 127 cm³/mol. The summed E-state index contributed by atoms with van der Waals surface area (Å²) in [4.78, 5) is 27.6. The van der Waals surface area contributed by atoms with Gasteiger partial charge in [-0.3, -0.25) is 9.59 Å². The molecule has 0 spiro atoms. The van der Waals surface area contributed by atoms with Crippen LogP contribution in [0, 0.1) is 6.92 Å². The number of fused-ring (bicyclic) bond motifs is 1. The van der Waals surface area contributed by atoms with Crippen molar-refractivity contribution in [3.05, 3.63) is 101 Å². The lowest BCUT2D eigenvalue weighted by Crippen LogP contribution is -2.40. The average Bonchev–Trinajstić information content (AvgIpc) is 3.66. The van der Waals surface area contributed by atoms with Crippen molar-refractivity contribution < 1.29 is 14.3 Å². The van der Waals surface area contributed by atoms with E-state index in [0.29, 0.717) is 23.9 Å². The maximum atomic E-state index is 13.5. The van der Waals surface area contributed by atoms with Gasteiger partial charge >= 0.3 is 0 Å². The summed E-state index contributed by atoms with van der Waals surface area (Å²) < 4.78 is 5.84. The number of carbonyl (C=O) groups is 2. The van der Waals surface area contributed by atoms with Crippen LogP contribution in [-0.2, 0) is 11.2 Å². The van der Waals surface area contributed by atoms with E-state index in [9.17, 15) is 9.59 Å². The number of hydrogen-bond donors (Lipinski definition) is 1. The summed E-state index contributed by atoms with van der Waals surface area (Å²) in [6.07, 6.45) is 2.88. The van der Waals surface area contributed by atoms with Crippen LogP contribution in [0.15, 0.2) is 72.8 Å². The van der Waals surface area contributed by atoms with E-state index in [-0.39, 0.29) is 24.5 Å². The molecule has 1 N–H and O–H groups in total. The molecule has 1 fully saturated rings. The van der Waals surface area contributed by atoms with E-state index in [1.807, 2.05) is 53.4 Å². The van der Waals surface area contributed by atoms with Crippen LogP contribution in [0.25, 0.3) is 0 Å². The second kappa shape index (κ2) is 9.10. The molecule has 2 aliphatic rings. The summed E-state index contributed by atoms with van der Waals surface area (Å²) in [5.74, 6) is 0.570. The van der Waals surface area contributed by atoms with Crippen molar-refractivity contribution in [1.82, 2.24) is 10.2 Å². The van der Waals surface area contributed by atoms with Gasteiger partial charge in [0, 0.05) is 18.2 Å². The van der Waals surface area contributed by atoms with Gasteiger partial charge in [-0.2, -0.15) is 0 Å². The second-order valence-electron chi connectivity index (χ2n) is 8.92. The number of benzene rings is 3. The van der Waals surface area contributed by atoms with Crippen LogP contribution < -0.4 is 10.1 Å². The van der Waals surface area contributed by atoms with Gasteiger partial charge in [-0.15, -0.1) is 0 Å². The largest absolute Gasteiger partial charge is 0.484 e. The Morgan fingerprint density at radius 2 is 1.82 bits per heavy atom. The molecule has 1 unspecified atom stereocenters. The molecule has 2 amide bonds. The van der Waals surface area contributed by atoms with E-state index in [4.69, 9.17) is 4.74 Å². The third-order valence-corrected chi connectivity index (χ3v) is 6.30. The van der Waals surface area contributed by atoms with E-state index >= 15 is 0 Å². The molecule has 1 aliphatic carbocycles. The van der Waals surface area contributed by atoms with Crippen molar-refractivity contribution >= 4 is 11.8 Å². The van der Waals surface area contributed by atoms with Crippen LogP contribution in [0.4, 0.5) is 0 Å². The highest BCUT2D eigenvalue weighted by molar-refractivity contribution is 5.95.